The summed E-state index contributed by atoms with van der Waals surface area (Å²) >= 11 is 5.40. The van der Waals surface area contributed by atoms with E-state index in [2.05, 4.69) is 10.2 Å². The molecular weight excluding hydrogens is 466 g/mol. The SMILES string of the molecule is CCOc1ccc(-c2n[nH]c(=S)n2CCC(=O)N2CCN(C(=O)c3cccc(OC)c3)CC2)cc1. The summed E-state index contributed by atoms with van der Waals surface area (Å²) in [6, 6.07) is 14.7. The number of H-pyrrole nitrogens is 1. The lowest BCUT2D eigenvalue weighted by Crippen LogP contribution is -2.50. The van der Waals surface area contributed by atoms with E-state index in [4.69, 9.17) is 21.7 Å². The number of nitrogens with zero attached hydrogens (tertiary/aromatic N) is 4. The Labute approximate surface area is 209 Å². The molecule has 1 aliphatic rings. The highest BCUT2D eigenvalue weighted by atomic mass is 32.1. The van der Waals surface area contributed by atoms with Gasteiger partial charge in [0.15, 0.2) is 10.6 Å². The average Bonchev–Trinajstić information content (AvgIpc) is 3.27. The lowest BCUT2D eigenvalue weighted by atomic mass is 10.1. The van der Waals surface area contributed by atoms with E-state index in [1.54, 1.807) is 41.2 Å². The summed E-state index contributed by atoms with van der Waals surface area (Å²) < 4.78 is 13.0. The van der Waals surface area contributed by atoms with Gasteiger partial charge >= 0.3 is 0 Å². The molecule has 2 aromatic carbocycles. The number of carbonyl (C=O) groups excluding carboxylic acids is 2. The van der Waals surface area contributed by atoms with Gasteiger partial charge in [0, 0.05) is 50.3 Å². The van der Waals surface area contributed by atoms with Crippen LogP contribution in [-0.2, 0) is 11.3 Å². The third kappa shape index (κ3) is 5.71. The first-order valence-electron chi connectivity index (χ1n) is 11.6. The largest absolute Gasteiger partial charge is 0.497 e. The fourth-order valence-electron chi connectivity index (χ4n) is 4.08. The van der Waals surface area contributed by atoms with E-state index in [0.29, 0.717) is 67.7 Å². The van der Waals surface area contributed by atoms with Crippen LogP contribution in [-0.4, -0.2) is 76.3 Å². The number of amides is 2. The number of hydrogen-bond donors (Lipinski definition) is 1. The van der Waals surface area contributed by atoms with Crippen LogP contribution in [0.2, 0.25) is 0 Å². The second-order valence-electron chi connectivity index (χ2n) is 8.12. The molecule has 0 radical (unpaired) electrons. The summed E-state index contributed by atoms with van der Waals surface area (Å²) in [4.78, 5) is 29.3. The number of aromatic nitrogens is 3. The molecule has 4 rings (SSSR count). The molecule has 10 heteroatoms. The van der Waals surface area contributed by atoms with E-state index in [9.17, 15) is 9.59 Å². The molecule has 0 atom stereocenters. The summed E-state index contributed by atoms with van der Waals surface area (Å²) in [6.45, 7) is 4.93. The van der Waals surface area contributed by atoms with Crippen molar-refractivity contribution in [3.05, 3.63) is 58.9 Å². The summed E-state index contributed by atoms with van der Waals surface area (Å²) in [6.07, 6.45) is 0.293. The van der Waals surface area contributed by atoms with Crippen LogP contribution < -0.4 is 9.47 Å². The fraction of sp³-hybridized carbons (Fsp3) is 0.360. The van der Waals surface area contributed by atoms with Crippen LogP contribution in [0.15, 0.2) is 48.5 Å². The minimum atomic E-state index is -0.0549. The van der Waals surface area contributed by atoms with Crippen LogP contribution in [0.3, 0.4) is 0 Å². The molecule has 1 saturated heterocycles. The zero-order valence-corrected chi connectivity index (χ0v) is 20.7. The zero-order chi connectivity index (χ0) is 24.8. The summed E-state index contributed by atoms with van der Waals surface area (Å²) in [7, 11) is 1.58. The molecule has 1 aliphatic heterocycles. The number of rotatable bonds is 8. The lowest BCUT2D eigenvalue weighted by Gasteiger charge is -2.35. The Hall–Kier alpha value is -3.66. The number of carbonyl (C=O) groups is 2. The quantitative estimate of drug-likeness (QED) is 0.482. The van der Waals surface area contributed by atoms with Gasteiger partial charge in [-0.15, -0.1) is 0 Å². The molecule has 0 aliphatic carbocycles. The highest BCUT2D eigenvalue weighted by Crippen LogP contribution is 2.22. The van der Waals surface area contributed by atoms with Crippen molar-refractivity contribution >= 4 is 24.0 Å². The molecule has 2 heterocycles. The van der Waals surface area contributed by atoms with Crippen molar-refractivity contribution in [2.75, 3.05) is 39.9 Å². The van der Waals surface area contributed by atoms with Gasteiger partial charge in [-0.2, -0.15) is 5.10 Å². The second-order valence-corrected chi connectivity index (χ2v) is 8.50. The van der Waals surface area contributed by atoms with Gasteiger partial charge < -0.3 is 19.3 Å². The van der Waals surface area contributed by atoms with Gasteiger partial charge in [0.25, 0.3) is 5.91 Å². The third-order valence-electron chi connectivity index (χ3n) is 5.97. The van der Waals surface area contributed by atoms with Crippen molar-refractivity contribution in [2.45, 2.75) is 19.9 Å². The van der Waals surface area contributed by atoms with Crippen molar-refractivity contribution in [1.29, 1.82) is 0 Å². The first-order valence-corrected chi connectivity index (χ1v) is 12.0. The first kappa shape index (κ1) is 24.5. The molecule has 0 saturated carbocycles. The summed E-state index contributed by atoms with van der Waals surface area (Å²) in [5.74, 6) is 2.09. The minimum absolute atomic E-state index is 0.0271. The van der Waals surface area contributed by atoms with E-state index < -0.39 is 0 Å². The highest BCUT2D eigenvalue weighted by Gasteiger charge is 2.25. The Bertz CT molecular complexity index is 1230. The monoisotopic (exact) mass is 495 g/mol. The predicted molar refractivity (Wildman–Crippen MR) is 134 cm³/mol. The van der Waals surface area contributed by atoms with Gasteiger partial charge in [-0.3, -0.25) is 19.3 Å². The minimum Gasteiger partial charge on any atom is -0.497 e. The molecule has 35 heavy (non-hydrogen) atoms. The topological polar surface area (TPSA) is 92.7 Å². The van der Waals surface area contributed by atoms with Crippen molar-refractivity contribution in [1.82, 2.24) is 24.6 Å². The Morgan fingerprint density at radius 3 is 2.43 bits per heavy atom. The molecule has 1 fully saturated rings. The Balaban J connectivity index is 1.33. The average molecular weight is 496 g/mol. The van der Waals surface area contributed by atoms with Crippen LogP contribution in [0.25, 0.3) is 11.4 Å². The number of methoxy groups -OCH3 is 1. The Kier molecular flexibility index (Phi) is 7.81. The van der Waals surface area contributed by atoms with Crippen molar-refractivity contribution < 1.29 is 19.1 Å². The fourth-order valence-corrected chi connectivity index (χ4v) is 4.30. The third-order valence-corrected chi connectivity index (χ3v) is 6.28. The van der Waals surface area contributed by atoms with Gasteiger partial charge in [0.2, 0.25) is 5.91 Å². The summed E-state index contributed by atoms with van der Waals surface area (Å²) in [5, 5.41) is 7.18. The van der Waals surface area contributed by atoms with Gasteiger partial charge in [0.1, 0.15) is 11.5 Å². The molecule has 0 spiro atoms. The Morgan fingerprint density at radius 1 is 1.03 bits per heavy atom. The van der Waals surface area contributed by atoms with Crippen molar-refractivity contribution in [3.8, 4) is 22.9 Å². The van der Waals surface area contributed by atoms with Crippen molar-refractivity contribution in [3.63, 3.8) is 0 Å². The highest BCUT2D eigenvalue weighted by molar-refractivity contribution is 7.71. The maximum absolute atomic E-state index is 12.9. The Morgan fingerprint density at radius 2 is 1.74 bits per heavy atom. The van der Waals surface area contributed by atoms with E-state index in [0.717, 1.165) is 11.3 Å². The standard InChI is InChI=1S/C25H29N5O4S/c1-3-34-20-9-7-18(8-10-20)23-26-27-25(35)30(23)12-11-22(31)28-13-15-29(16-14-28)24(32)19-5-4-6-21(17-19)33-2/h4-10,17H,3,11-16H2,1-2H3,(H,27,35). The zero-order valence-electron chi connectivity index (χ0n) is 19.9. The van der Waals surface area contributed by atoms with E-state index in [1.807, 2.05) is 35.8 Å². The van der Waals surface area contributed by atoms with E-state index in [-0.39, 0.29) is 11.8 Å². The number of nitrogens with one attached hydrogen (secondary N) is 1. The second kappa shape index (κ2) is 11.2. The number of piperazine rings is 1. The normalized spacial score (nSPS) is 13.5. The maximum Gasteiger partial charge on any atom is 0.254 e. The van der Waals surface area contributed by atoms with Crippen LogP contribution >= 0.6 is 12.2 Å². The molecule has 3 aromatic rings. The summed E-state index contributed by atoms with van der Waals surface area (Å²) in [5.41, 5.74) is 1.47. The molecule has 0 bridgehead atoms. The first-order chi connectivity index (χ1) is 17.0. The van der Waals surface area contributed by atoms with Gasteiger partial charge in [0.05, 0.1) is 13.7 Å². The van der Waals surface area contributed by atoms with Crippen LogP contribution in [0, 0.1) is 4.77 Å². The van der Waals surface area contributed by atoms with Gasteiger partial charge in [-0.05, 0) is 61.6 Å². The molecule has 2 amide bonds. The molecule has 0 unspecified atom stereocenters. The van der Waals surface area contributed by atoms with Crippen molar-refractivity contribution in [2.24, 2.45) is 0 Å². The maximum atomic E-state index is 12.9. The molecule has 1 N–H and O–H groups in total. The van der Waals surface area contributed by atoms with Crippen LogP contribution in [0.1, 0.15) is 23.7 Å². The van der Waals surface area contributed by atoms with Gasteiger partial charge in [-0.25, -0.2) is 0 Å². The lowest BCUT2D eigenvalue weighted by molar-refractivity contribution is -0.132. The van der Waals surface area contributed by atoms with Gasteiger partial charge in [-0.1, -0.05) is 6.07 Å². The number of aromatic amines is 1. The van der Waals surface area contributed by atoms with Crippen LogP contribution in [0.5, 0.6) is 11.5 Å². The smallest absolute Gasteiger partial charge is 0.254 e. The predicted octanol–water partition coefficient (Wildman–Crippen LogP) is 3.39. The molecule has 9 nitrogen and oxygen atoms in total. The van der Waals surface area contributed by atoms with Crippen LogP contribution in [0.4, 0.5) is 0 Å². The number of benzene rings is 2. The molecule has 184 valence electrons. The van der Waals surface area contributed by atoms with E-state index in [1.165, 1.54) is 0 Å². The molecule has 1 aromatic heterocycles. The number of ether oxygens (including phenoxy) is 2. The van der Waals surface area contributed by atoms with E-state index >= 15 is 0 Å². The molecular formula is C25H29N5O4S. The number of hydrogen-bond acceptors (Lipinski definition) is 6.